The Bertz CT molecular complexity index is 1010. The SMILES string of the molecule is COC(=O)c1nn(C)c(C)c1NC(=O)c1ccn(COc2ccc(F)cc2)n1. The van der Waals surface area contributed by atoms with Gasteiger partial charge in [0, 0.05) is 13.2 Å². The molecular weight excluding hydrogens is 369 g/mol. The lowest BCUT2D eigenvalue weighted by atomic mass is 10.2. The number of rotatable bonds is 6. The zero-order valence-electron chi connectivity index (χ0n) is 15.5. The standard InChI is InChI=1S/C18H18FN5O4/c1-11-15(16(18(26)27-3)22-23(11)2)20-17(25)14-8-9-24(21-14)10-28-13-6-4-12(19)5-7-13/h4-9H,10H2,1-3H3,(H,20,25). The molecule has 0 aliphatic carbocycles. The van der Waals surface area contributed by atoms with E-state index in [1.54, 1.807) is 20.2 Å². The van der Waals surface area contributed by atoms with Crippen LogP contribution in [-0.2, 0) is 18.5 Å². The molecule has 2 aromatic heterocycles. The number of aryl methyl sites for hydroxylation is 1. The number of esters is 1. The molecule has 10 heteroatoms. The highest BCUT2D eigenvalue weighted by Gasteiger charge is 2.23. The third kappa shape index (κ3) is 4.00. The van der Waals surface area contributed by atoms with Gasteiger partial charge >= 0.3 is 5.97 Å². The van der Waals surface area contributed by atoms with E-state index < -0.39 is 11.9 Å². The molecule has 0 saturated carbocycles. The Hall–Kier alpha value is -3.69. The first kappa shape index (κ1) is 19.1. The van der Waals surface area contributed by atoms with E-state index in [1.807, 2.05) is 0 Å². The van der Waals surface area contributed by atoms with Crippen LogP contribution in [0.4, 0.5) is 10.1 Å². The van der Waals surface area contributed by atoms with Crippen molar-refractivity contribution in [1.29, 1.82) is 0 Å². The molecular formula is C18H18FN5O4. The Labute approximate surface area is 159 Å². The van der Waals surface area contributed by atoms with Crippen molar-refractivity contribution >= 4 is 17.6 Å². The molecule has 1 amide bonds. The van der Waals surface area contributed by atoms with Crippen molar-refractivity contribution in [3.8, 4) is 5.75 Å². The van der Waals surface area contributed by atoms with Gasteiger partial charge in [0.2, 0.25) is 0 Å². The van der Waals surface area contributed by atoms with Gasteiger partial charge in [-0.25, -0.2) is 13.9 Å². The average Bonchev–Trinajstić information content (AvgIpc) is 3.27. The number of hydrogen-bond acceptors (Lipinski definition) is 6. The van der Waals surface area contributed by atoms with Gasteiger partial charge in [-0.1, -0.05) is 0 Å². The summed E-state index contributed by atoms with van der Waals surface area (Å²) in [5.74, 6) is -1.06. The van der Waals surface area contributed by atoms with Crippen LogP contribution in [0.1, 0.15) is 26.7 Å². The van der Waals surface area contributed by atoms with Crippen LogP contribution in [-0.4, -0.2) is 38.5 Å². The summed E-state index contributed by atoms with van der Waals surface area (Å²) in [6.07, 6.45) is 1.57. The van der Waals surface area contributed by atoms with Gasteiger partial charge < -0.3 is 14.8 Å². The summed E-state index contributed by atoms with van der Waals surface area (Å²) in [6.45, 7) is 1.75. The highest BCUT2D eigenvalue weighted by atomic mass is 19.1. The zero-order chi connectivity index (χ0) is 20.3. The molecule has 3 rings (SSSR count). The minimum absolute atomic E-state index is 0.00919. The molecule has 0 fully saturated rings. The molecule has 0 unspecified atom stereocenters. The van der Waals surface area contributed by atoms with E-state index in [1.165, 1.54) is 46.8 Å². The maximum absolute atomic E-state index is 12.9. The molecule has 0 aliphatic heterocycles. The van der Waals surface area contributed by atoms with Crippen LogP contribution in [0.5, 0.6) is 5.75 Å². The molecule has 146 valence electrons. The van der Waals surface area contributed by atoms with Crippen molar-refractivity contribution < 1.29 is 23.5 Å². The summed E-state index contributed by atoms with van der Waals surface area (Å²) in [4.78, 5) is 24.4. The normalized spacial score (nSPS) is 10.6. The van der Waals surface area contributed by atoms with Gasteiger partial charge in [-0.2, -0.15) is 10.2 Å². The summed E-state index contributed by atoms with van der Waals surface area (Å²) >= 11 is 0. The van der Waals surface area contributed by atoms with E-state index >= 15 is 0 Å². The minimum Gasteiger partial charge on any atom is -0.471 e. The number of nitrogens with one attached hydrogen (secondary N) is 1. The Balaban J connectivity index is 1.69. The molecule has 0 bridgehead atoms. The van der Waals surface area contributed by atoms with Crippen LogP contribution in [0, 0.1) is 12.7 Å². The smallest absolute Gasteiger partial charge is 0.360 e. The molecule has 2 heterocycles. The predicted octanol–water partition coefficient (Wildman–Crippen LogP) is 2.14. The summed E-state index contributed by atoms with van der Waals surface area (Å²) in [7, 11) is 2.89. The van der Waals surface area contributed by atoms with E-state index in [0.29, 0.717) is 11.4 Å². The molecule has 0 radical (unpaired) electrons. The maximum Gasteiger partial charge on any atom is 0.360 e. The maximum atomic E-state index is 12.9. The van der Waals surface area contributed by atoms with Gasteiger partial charge in [0.05, 0.1) is 18.5 Å². The van der Waals surface area contributed by atoms with E-state index in [2.05, 4.69) is 15.5 Å². The van der Waals surface area contributed by atoms with E-state index in [4.69, 9.17) is 9.47 Å². The number of halogens is 1. The number of anilines is 1. The van der Waals surface area contributed by atoms with Crippen LogP contribution in [0.3, 0.4) is 0 Å². The van der Waals surface area contributed by atoms with Crippen LogP contribution in [0.25, 0.3) is 0 Å². The number of benzene rings is 1. The monoisotopic (exact) mass is 387 g/mol. The highest BCUT2D eigenvalue weighted by Crippen LogP contribution is 2.21. The second-order valence-corrected chi connectivity index (χ2v) is 5.85. The number of nitrogens with zero attached hydrogens (tertiary/aromatic N) is 4. The molecule has 0 saturated heterocycles. The summed E-state index contributed by atoms with van der Waals surface area (Å²) in [5, 5.41) is 10.8. The molecule has 1 aromatic carbocycles. The quantitative estimate of drug-likeness (QED) is 0.651. The minimum atomic E-state index is -0.655. The molecule has 0 spiro atoms. The lowest BCUT2D eigenvalue weighted by Crippen LogP contribution is -2.17. The van der Waals surface area contributed by atoms with Crippen molar-refractivity contribution in [2.45, 2.75) is 13.7 Å². The number of carbonyl (C=O) groups is 2. The number of ether oxygens (including phenoxy) is 2. The number of methoxy groups -OCH3 is 1. The Morgan fingerprint density at radius 2 is 1.89 bits per heavy atom. The number of hydrogen-bond donors (Lipinski definition) is 1. The van der Waals surface area contributed by atoms with Crippen LogP contribution in [0.15, 0.2) is 36.5 Å². The fraction of sp³-hybridized carbons (Fsp3) is 0.222. The first-order chi connectivity index (χ1) is 13.4. The van der Waals surface area contributed by atoms with Gasteiger partial charge in [0.15, 0.2) is 18.1 Å². The highest BCUT2D eigenvalue weighted by molar-refractivity contribution is 6.06. The second-order valence-electron chi connectivity index (χ2n) is 5.85. The van der Waals surface area contributed by atoms with Gasteiger partial charge in [0.1, 0.15) is 11.6 Å². The third-order valence-corrected chi connectivity index (χ3v) is 4.00. The van der Waals surface area contributed by atoms with E-state index in [-0.39, 0.29) is 29.6 Å². The van der Waals surface area contributed by atoms with Crippen LogP contribution >= 0.6 is 0 Å². The van der Waals surface area contributed by atoms with Gasteiger partial charge in [-0.3, -0.25) is 9.48 Å². The second kappa shape index (κ2) is 7.91. The molecule has 0 atom stereocenters. The zero-order valence-corrected chi connectivity index (χ0v) is 15.5. The van der Waals surface area contributed by atoms with Crippen molar-refractivity contribution in [3.05, 3.63) is 59.4 Å². The Morgan fingerprint density at radius 3 is 2.57 bits per heavy atom. The number of amides is 1. The number of carbonyl (C=O) groups excluding carboxylic acids is 2. The molecule has 0 aliphatic rings. The fourth-order valence-corrected chi connectivity index (χ4v) is 2.40. The molecule has 3 aromatic rings. The lowest BCUT2D eigenvalue weighted by molar-refractivity contribution is 0.0594. The molecule has 28 heavy (non-hydrogen) atoms. The van der Waals surface area contributed by atoms with Crippen LogP contribution < -0.4 is 10.1 Å². The summed E-state index contributed by atoms with van der Waals surface area (Å²) in [5.41, 5.74) is 0.987. The number of aromatic nitrogens is 4. The molecule has 1 N–H and O–H groups in total. The summed E-state index contributed by atoms with van der Waals surface area (Å²) < 4.78 is 25.9. The largest absolute Gasteiger partial charge is 0.471 e. The van der Waals surface area contributed by atoms with Gasteiger partial charge in [-0.15, -0.1) is 0 Å². The van der Waals surface area contributed by atoms with Gasteiger partial charge in [0.25, 0.3) is 5.91 Å². The lowest BCUT2D eigenvalue weighted by Gasteiger charge is -2.06. The Kier molecular flexibility index (Phi) is 5.39. The van der Waals surface area contributed by atoms with E-state index in [0.717, 1.165) is 0 Å². The van der Waals surface area contributed by atoms with Gasteiger partial charge in [-0.05, 0) is 37.3 Å². The molecule has 9 nitrogen and oxygen atoms in total. The predicted molar refractivity (Wildman–Crippen MR) is 96.5 cm³/mol. The van der Waals surface area contributed by atoms with Crippen LogP contribution in [0.2, 0.25) is 0 Å². The van der Waals surface area contributed by atoms with Crippen molar-refractivity contribution in [1.82, 2.24) is 19.6 Å². The Morgan fingerprint density at radius 1 is 1.18 bits per heavy atom. The first-order valence-electron chi connectivity index (χ1n) is 8.24. The van der Waals surface area contributed by atoms with Crippen molar-refractivity contribution in [2.24, 2.45) is 7.05 Å². The van der Waals surface area contributed by atoms with Crippen molar-refractivity contribution in [2.75, 3.05) is 12.4 Å². The summed E-state index contributed by atoms with van der Waals surface area (Å²) in [6, 6.07) is 7.06. The average molecular weight is 387 g/mol. The first-order valence-corrected chi connectivity index (χ1v) is 8.24. The third-order valence-electron chi connectivity index (χ3n) is 4.00. The van der Waals surface area contributed by atoms with E-state index in [9.17, 15) is 14.0 Å². The topological polar surface area (TPSA) is 100 Å². The fourth-order valence-electron chi connectivity index (χ4n) is 2.40. The van der Waals surface area contributed by atoms with Crippen molar-refractivity contribution in [3.63, 3.8) is 0 Å².